The molecular formula is C10H12O6. The van der Waals surface area contributed by atoms with Gasteiger partial charge in [0.2, 0.25) is 11.7 Å². The molecule has 0 amide bonds. The predicted molar refractivity (Wildman–Crippen MR) is 49.2 cm³/mol. The van der Waals surface area contributed by atoms with E-state index in [2.05, 4.69) is 0 Å². The van der Waals surface area contributed by atoms with Gasteiger partial charge in [0.1, 0.15) is 0 Å². The lowest BCUT2D eigenvalue weighted by Gasteiger charge is -2.15. The summed E-state index contributed by atoms with van der Waals surface area (Å²) in [5, 5.41) is 0. The molecule has 6 nitrogen and oxygen atoms in total. The highest BCUT2D eigenvalue weighted by Gasteiger charge is 2.57. The summed E-state index contributed by atoms with van der Waals surface area (Å²) in [6.07, 6.45) is -0.417. The summed E-state index contributed by atoms with van der Waals surface area (Å²) >= 11 is 0. The molecule has 2 atom stereocenters. The van der Waals surface area contributed by atoms with E-state index in [1.54, 1.807) is 6.92 Å². The van der Waals surface area contributed by atoms with Crippen LogP contribution in [0.2, 0.25) is 0 Å². The molecule has 6 heteroatoms. The second-order valence-corrected chi connectivity index (χ2v) is 3.82. The maximum atomic E-state index is 11.6. The van der Waals surface area contributed by atoms with Crippen molar-refractivity contribution in [2.45, 2.75) is 37.9 Å². The molecule has 0 aromatic heterocycles. The number of carbonyl (C=O) groups is 3. The van der Waals surface area contributed by atoms with Crippen LogP contribution >= 0.6 is 0 Å². The summed E-state index contributed by atoms with van der Waals surface area (Å²) < 4.78 is 14.6. The summed E-state index contributed by atoms with van der Waals surface area (Å²) in [4.78, 5) is 33.9. The van der Waals surface area contributed by atoms with Crippen LogP contribution in [0, 0.1) is 0 Å². The van der Waals surface area contributed by atoms with Crippen molar-refractivity contribution in [3.63, 3.8) is 0 Å². The van der Waals surface area contributed by atoms with Crippen LogP contribution in [0.15, 0.2) is 0 Å². The summed E-state index contributed by atoms with van der Waals surface area (Å²) in [7, 11) is 0. The Balaban J connectivity index is 2.07. The fraction of sp³-hybridized carbons (Fsp3) is 0.700. The normalized spacial score (nSPS) is 32.7. The third-order valence-electron chi connectivity index (χ3n) is 2.73. The van der Waals surface area contributed by atoms with Crippen LogP contribution in [0.25, 0.3) is 0 Å². The lowest BCUT2D eigenvalue weighted by molar-refractivity contribution is -0.167. The molecule has 0 aromatic carbocycles. The van der Waals surface area contributed by atoms with Gasteiger partial charge in [-0.2, -0.15) is 0 Å². The Morgan fingerprint density at radius 1 is 1.56 bits per heavy atom. The van der Waals surface area contributed by atoms with E-state index in [1.807, 2.05) is 0 Å². The first-order chi connectivity index (χ1) is 7.57. The van der Waals surface area contributed by atoms with Gasteiger partial charge >= 0.3 is 17.9 Å². The van der Waals surface area contributed by atoms with E-state index in [1.165, 1.54) is 0 Å². The zero-order valence-electron chi connectivity index (χ0n) is 8.86. The van der Waals surface area contributed by atoms with Crippen molar-refractivity contribution in [3.8, 4) is 0 Å². The number of hydrogen-bond acceptors (Lipinski definition) is 6. The van der Waals surface area contributed by atoms with E-state index in [4.69, 9.17) is 14.2 Å². The number of rotatable bonds is 2. The molecule has 0 bridgehead atoms. The van der Waals surface area contributed by atoms with Crippen LogP contribution in [0.1, 0.15) is 26.2 Å². The molecule has 0 saturated carbocycles. The van der Waals surface area contributed by atoms with Crippen molar-refractivity contribution in [2.24, 2.45) is 0 Å². The van der Waals surface area contributed by atoms with Crippen molar-refractivity contribution in [2.75, 3.05) is 6.61 Å². The summed E-state index contributed by atoms with van der Waals surface area (Å²) in [5.41, 5.74) is -1.24. The van der Waals surface area contributed by atoms with Gasteiger partial charge in [-0.05, 0) is 6.92 Å². The topological polar surface area (TPSA) is 78.9 Å². The molecule has 2 fully saturated rings. The molecule has 0 N–H and O–H groups in total. The fourth-order valence-electron chi connectivity index (χ4n) is 1.94. The molecule has 2 aliphatic rings. The molecule has 0 unspecified atom stereocenters. The lowest BCUT2D eigenvalue weighted by Crippen LogP contribution is -2.34. The van der Waals surface area contributed by atoms with Crippen LogP contribution in [0.5, 0.6) is 0 Å². The first-order valence-electron chi connectivity index (χ1n) is 5.17. The minimum absolute atomic E-state index is 0.0659. The van der Waals surface area contributed by atoms with E-state index in [0.717, 1.165) is 0 Å². The number of esters is 3. The molecule has 2 aliphatic heterocycles. The number of carbonyl (C=O) groups excluding carboxylic acids is 3. The minimum atomic E-state index is -1.24. The van der Waals surface area contributed by atoms with E-state index in [-0.39, 0.29) is 25.9 Å². The van der Waals surface area contributed by atoms with Crippen LogP contribution in [-0.4, -0.2) is 36.2 Å². The molecule has 2 rings (SSSR count). The Labute approximate surface area is 91.8 Å². The molecular weight excluding hydrogens is 216 g/mol. The average molecular weight is 228 g/mol. The van der Waals surface area contributed by atoms with Crippen molar-refractivity contribution in [1.82, 2.24) is 0 Å². The second kappa shape index (κ2) is 3.77. The molecule has 2 saturated heterocycles. The summed E-state index contributed by atoms with van der Waals surface area (Å²) in [5.74, 6) is -1.66. The molecule has 0 aromatic rings. The van der Waals surface area contributed by atoms with Crippen molar-refractivity contribution < 1.29 is 28.6 Å². The summed E-state index contributed by atoms with van der Waals surface area (Å²) in [6, 6.07) is 0. The van der Waals surface area contributed by atoms with Gasteiger partial charge in [0.25, 0.3) is 0 Å². The minimum Gasteiger partial charge on any atom is -0.463 e. The third kappa shape index (κ3) is 1.64. The molecule has 16 heavy (non-hydrogen) atoms. The Morgan fingerprint density at radius 2 is 2.31 bits per heavy atom. The molecule has 1 spiro atoms. The van der Waals surface area contributed by atoms with Gasteiger partial charge in [-0.15, -0.1) is 0 Å². The van der Waals surface area contributed by atoms with Gasteiger partial charge in [0.05, 0.1) is 6.61 Å². The number of cyclic esters (lactones) is 1. The van der Waals surface area contributed by atoms with E-state index in [9.17, 15) is 14.4 Å². The third-order valence-corrected chi connectivity index (χ3v) is 2.73. The molecule has 2 heterocycles. The van der Waals surface area contributed by atoms with E-state index >= 15 is 0 Å². The highest BCUT2D eigenvalue weighted by molar-refractivity contribution is 5.92. The first kappa shape index (κ1) is 10.9. The van der Waals surface area contributed by atoms with Crippen LogP contribution in [-0.2, 0) is 28.6 Å². The Morgan fingerprint density at radius 3 is 2.88 bits per heavy atom. The predicted octanol–water partition coefficient (Wildman–Crippen LogP) is -0.0592. The highest BCUT2D eigenvalue weighted by atomic mass is 16.6. The zero-order chi connectivity index (χ0) is 11.8. The Hall–Kier alpha value is -1.59. The molecule has 88 valence electrons. The Kier molecular flexibility index (Phi) is 2.57. The van der Waals surface area contributed by atoms with Crippen molar-refractivity contribution in [1.29, 1.82) is 0 Å². The SMILES string of the molecule is CCOC(=O)[C@H]1C[C@]2(CCC(=O)O2)C(=O)O1. The van der Waals surface area contributed by atoms with E-state index in [0.29, 0.717) is 0 Å². The van der Waals surface area contributed by atoms with Gasteiger partial charge in [0, 0.05) is 19.3 Å². The van der Waals surface area contributed by atoms with Crippen LogP contribution in [0.3, 0.4) is 0 Å². The lowest BCUT2D eigenvalue weighted by atomic mass is 9.96. The number of hydrogen-bond donors (Lipinski definition) is 0. The summed E-state index contributed by atoms with van der Waals surface area (Å²) in [6.45, 7) is 1.89. The van der Waals surface area contributed by atoms with Gasteiger partial charge in [0.15, 0.2) is 0 Å². The second-order valence-electron chi connectivity index (χ2n) is 3.82. The number of ether oxygens (including phenoxy) is 3. The average Bonchev–Trinajstić information content (AvgIpc) is 2.74. The zero-order valence-corrected chi connectivity index (χ0v) is 8.86. The first-order valence-corrected chi connectivity index (χ1v) is 5.17. The molecule has 0 radical (unpaired) electrons. The monoisotopic (exact) mass is 228 g/mol. The quantitative estimate of drug-likeness (QED) is 0.486. The highest BCUT2D eigenvalue weighted by Crippen LogP contribution is 2.38. The van der Waals surface area contributed by atoms with Crippen LogP contribution < -0.4 is 0 Å². The maximum Gasteiger partial charge on any atom is 0.351 e. The van der Waals surface area contributed by atoms with E-state index < -0.39 is 29.6 Å². The maximum absolute atomic E-state index is 11.6. The van der Waals surface area contributed by atoms with Crippen molar-refractivity contribution in [3.05, 3.63) is 0 Å². The van der Waals surface area contributed by atoms with Crippen molar-refractivity contribution >= 4 is 17.9 Å². The van der Waals surface area contributed by atoms with Gasteiger partial charge in [-0.1, -0.05) is 0 Å². The smallest absolute Gasteiger partial charge is 0.351 e. The fourth-order valence-corrected chi connectivity index (χ4v) is 1.94. The molecule has 0 aliphatic carbocycles. The van der Waals surface area contributed by atoms with Gasteiger partial charge < -0.3 is 14.2 Å². The standard InChI is InChI=1S/C10H12O6/c1-2-14-8(12)6-5-10(9(13)15-6)4-3-7(11)16-10/h6H,2-5H2,1H3/t6-,10-/m1/s1. The van der Waals surface area contributed by atoms with Gasteiger partial charge in [-0.25, -0.2) is 9.59 Å². The largest absolute Gasteiger partial charge is 0.463 e. The van der Waals surface area contributed by atoms with Crippen LogP contribution in [0.4, 0.5) is 0 Å². The Bertz CT molecular complexity index is 349. The van der Waals surface area contributed by atoms with Gasteiger partial charge in [-0.3, -0.25) is 4.79 Å².